The number of nitrogens with zero attached hydrogens (tertiary/aromatic N) is 2. The summed E-state index contributed by atoms with van der Waals surface area (Å²) in [7, 11) is -3.15. The fourth-order valence-corrected chi connectivity index (χ4v) is 4.41. The Labute approximate surface area is 176 Å². The lowest BCUT2D eigenvalue weighted by Gasteiger charge is -2.29. The van der Waals surface area contributed by atoms with Gasteiger partial charge >= 0.3 is 6.09 Å². The largest absolute Gasteiger partial charge is 0.449 e. The number of amides is 1. The Kier molecular flexibility index (Phi) is 9.43. The molecular weight excluding hydrogens is 388 g/mol. The molecule has 1 atom stereocenters. The number of likely N-dealkylation sites (N-methyl/N-ethyl adjacent to an activating group) is 1. The first-order chi connectivity index (χ1) is 13.8. The second kappa shape index (κ2) is 11.6. The van der Waals surface area contributed by atoms with Crippen molar-refractivity contribution in [1.29, 1.82) is 0 Å². The van der Waals surface area contributed by atoms with E-state index in [0.717, 1.165) is 70.3 Å². The average molecular weight is 425 g/mol. The van der Waals surface area contributed by atoms with E-state index in [9.17, 15) is 13.2 Å². The maximum absolute atomic E-state index is 12.0. The van der Waals surface area contributed by atoms with E-state index in [1.54, 1.807) is 12.1 Å². The Balaban J connectivity index is 1.77. The van der Waals surface area contributed by atoms with E-state index in [2.05, 4.69) is 18.7 Å². The topological polar surface area (TPSA) is 66.9 Å². The molecule has 1 aromatic carbocycles. The molecule has 1 aliphatic heterocycles. The number of cyclic esters (lactones) is 1. The van der Waals surface area contributed by atoms with Gasteiger partial charge in [-0.3, -0.25) is 0 Å². The maximum Gasteiger partial charge on any atom is 0.409 e. The number of rotatable bonds is 10. The lowest BCUT2D eigenvalue weighted by molar-refractivity contribution is 0.0904. The summed E-state index contributed by atoms with van der Waals surface area (Å²) in [5, 5.41) is 0. The van der Waals surface area contributed by atoms with E-state index in [4.69, 9.17) is 4.74 Å². The fraction of sp³-hybridized carbons (Fsp3) is 0.682. The predicted molar refractivity (Wildman–Crippen MR) is 116 cm³/mol. The van der Waals surface area contributed by atoms with E-state index < -0.39 is 9.84 Å². The van der Waals surface area contributed by atoms with Crippen molar-refractivity contribution in [3.8, 4) is 0 Å². The Hall–Kier alpha value is -1.60. The number of unbranched alkanes of at least 4 members (excludes halogenated alkanes) is 1. The number of hydrogen-bond donors (Lipinski definition) is 0. The van der Waals surface area contributed by atoms with Crippen molar-refractivity contribution in [2.75, 3.05) is 39.0 Å². The Morgan fingerprint density at radius 1 is 1.14 bits per heavy atom. The van der Waals surface area contributed by atoms with Crippen molar-refractivity contribution in [2.45, 2.75) is 63.3 Å². The zero-order valence-electron chi connectivity index (χ0n) is 18.1. The third kappa shape index (κ3) is 7.97. The zero-order valence-corrected chi connectivity index (χ0v) is 18.9. The monoisotopic (exact) mass is 424 g/mol. The summed E-state index contributed by atoms with van der Waals surface area (Å²) >= 11 is 0. The molecule has 1 aromatic rings. The quantitative estimate of drug-likeness (QED) is 0.535. The number of benzene rings is 1. The number of carbonyl (C=O) groups excluding carboxylic acids is 1. The van der Waals surface area contributed by atoms with Crippen LogP contribution >= 0.6 is 0 Å². The SMILES string of the molecule is CCN(CCCCN1CCCCCOC1=O)C(C)Cc1ccc(S(C)(=O)=O)cc1. The summed E-state index contributed by atoms with van der Waals surface area (Å²) in [6, 6.07) is 7.57. The molecule has 1 amide bonds. The van der Waals surface area contributed by atoms with Crippen LogP contribution in [0, 0.1) is 0 Å². The number of hydrogen-bond acceptors (Lipinski definition) is 5. The van der Waals surface area contributed by atoms with Crippen LogP contribution in [-0.4, -0.2) is 69.4 Å². The second-order valence-electron chi connectivity index (χ2n) is 7.97. The highest BCUT2D eigenvalue weighted by Crippen LogP contribution is 2.15. The molecule has 0 bridgehead atoms. The van der Waals surface area contributed by atoms with E-state index in [0.29, 0.717) is 17.5 Å². The average Bonchev–Trinajstić information content (AvgIpc) is 2.66. The van der Waals surface area contributed by atoms with Gasteiger partial charge < -0.3 is 14.5 Å². The Morgan fingerprint density at radius 3 is 2.52 bits per heavy atom. The number of ether oxygens (including phenoxy) is 1. The molecule has 1 heterocycles. The van der Waals surface area contributed by atoms with Crippen LogP contribution in [-0.2, 0) is 21.0 Å². The first kappa shape index (κ1) is 23.7. The molecule has 1 aliphatic rings. The van der Waals surface area contributed by atoms with Gasteiger partial charge in [-0.05, 0) is 76.2 Å². The molecule has 0 N–H and O–H groups in total. The van der Waals surface area contributed by atoms with Crippen molar-refractivity contribution in [2.24, 2.45) is 0 Å². The van der Waals surface area contributed by atoms with Gasteiger partial charge in [0.2, 0.25) is 0 Å². The van der Waals surface area contributed by atoms with Crippen LogP contribution in [0.4, 0.5) is 4.79 Å². The van der Waals surface area contributed by atoms with Gasteiger partial charge in [0.1, 0.15) is 0 Å². The third-order valence-corrected chi connectivity index (χ3v) is 6.72. The van der Waals surface area contributed by atoms with Gasteiger partial charge in [-0.15, -0.1) is 0 Å². The van der Waals surface area contributed by atoms with Gasteiger partial charge in [-0.2, -0.15) is 0 Å². The second-order valence-corrected chi connectivity index (χ2v) is 9.98. The number of carbonyl (C=O) groups is 1. The van der Waals surface area contributed by atoms with Crippen molar-refractivity contribution in [1.82, 2.24) is 9.80 Å². The molecule has 29 heavy (non-hydrogen) atoms. The molecule has 6 nitrogen and oxygen atoms in total. The molecule has 1 fully saturated rings. The summed E-state index contributed by atoms with van der Waals surface area (Å²) in [5.74, 6) is 0. The van der Waals surface area contributed by atoms with E-state index in [-0.39, 0.29) is 6.09 Å². The summed E-state index contributed by atoms with van der Waals surface area (Å²) in [6.07, 6.45) is 7.12. The minimum absolute atomic E-state index is 0.164. The van der Waals surface area contributed by atoms with E-state index >= 15 is 0 Å². The smallest absolute Gasteiger partial charge is 0.409 e. The zero-order chi connectivity index (χ0) is 21.3. The Bertz CT molecular complexity index is 734. The van der Waals surface area contributed by atoms with Gasteiger partial charge in [0, 0.05) is 25.4 Å². The summed E-state index contributed by atoms with van der Waals surface area (Å²) < 4.78 is 28.5. The van der Waals surface area contributed by atoms with Gasteiger partial charge in [0.05, 0.1) is 11.5 Å². The van der Waals surface area contributed by atoms with Gasteiger partial charge in [-0.1, -0.05) is 19.1 Å². The lowest BCUT2D eigenvalue weighted by atomic mass is 10.1. The highest BCUT2D eigenvalue weighted by Gasteiger charge is 2.17. The number of sulfone groups is 1. The summed E-state index contributed by atoms with van der Waals surface area (Å²) in [4.78, 5) is 16.7. The first-order valence-electron chi connectivity index (χ1n) is 10.8. The van der Waals surface area contributed by atoms with E-state index in [1.165, 1.54) is 6.26 Å². The molecule has 7 heteroatoms. The minimum atomic E-state index is -3.15. The molecule has 0 spiro atoms. The van der Waals surface area contributed by atoms with E-state index in [1.807, 2.05) is 17.0 Å². The summed E-state index contributed by atoms with van der Waals surface area (Å²) in [5.41, 5.74) is 1.15. The van der Waals surface area contributed by atoms with Crippen molar-refractivity contribution in [3.63, 3.8) is 0 Å². The van der Waals surface area contributed by atoms with Crippen LogP contribution in [0.25, 0.3) is 0 Å². The molecule has 164 valence electrons. The standard InChI is InChI=1S/C22H36N2O4S/c1-4-23(14-7-8-16-24-15-6-5-9-17-28-22(24)25)19(2)18-20-10-12-21(13-11-20)29(3,26)27/h10-13,19H,4-9,14-18H2,1-3H3. The molecule has 1 unspecified atom stereocenters. The Morgan fingerprint density at radius 2 is 1.86 bits per heavy atom. The van der Waals surface area contributed by atoms with Gasteiger partial charge in [0.25, 0.3) is 0 Å². The highest BCUT2D eigenvalue weighted by atomic mass is 32.2. The molecule has 2 rings (SSSR count). The minimum Gasteiger partial charge on any atom is -0.449 e. The normalized spacial score (nSPS) is 17.0. The van der Waals surface area contributed by atoms with Gasteiger partial charge in [-0.25, -0.2) is 13.2 Å². The van der Waals surface area contributed by atoms with Crippen molar-refractivity contribution >= 4 is 15.9 Å². The molecule has 0 radical (unpaired) electrons. The van der Waals surface area contributed by atoms with Crippen LogP contribution in [0.3, 0.4) is 0 Å². The fourth-order valence-electron chi connectivity index (χ4n) is 3.78. The molecular formula is C22H36N2O4S. The highest BCUT2D eigenvalue weighted by molar-refractivity contribution is 7.90. The van der Waals surface area contributed by atoms with Crippen LogP contribution in [0.1, 0.15) is 51.5 Å². The first-order valence-corrected chi connectivity index (χ1v) is 12.6. The van der Waals surface area contributed by atoms with Crippen LogP contribution in [0.15, 0.2) is 29.2 Å². The molecule has 0 aliphatic carbocycles. The van der Waals surface area contributed by atoms with Crippen molar-refractivity contribution < 1.29 is 17.9 Å². The lowest BCUT2D eigenvalue weighted by Crippen LogP contribution is -2.37. The van der Waals surface area contributed by atoms with Crippen LogP contribution in [0.5, 0.6) is 0 Å². The predicted octanol–water partition coefficient (Wildman–Crippen LogP) is 3.75. The molecule has 0 saturated carbocycles. The molecule has 1 saturated heterocycles. The third-order valence-electron chi connectivity index (χ3n) is 5.59. The van der Waals surface area contributed by atoms with Gasteiger partial charge in [0.15, 0.2) is 9.84 Å². The van der Waals surface area contributed by atoms with Crippen LogP contribution in [0.2, 0.25) is 0 Å². The molecule has 0 aromatic heterocycles. The van der Waals surface area contributed by atoms with Crippen molar-refractivity contribution in [3.05, 3.63) is 29.8 Å². The summed E-state index contributed by atoms with van der Waals surface area (Å²) in [6.45, 7) is 8.44. The van der Waals surface area contributed by atoms with Crippen LogP contribution < -0.4 is 0 Å². The maximum atomic E-state index is 12.0.